The van der Waals surface area contributed by atoms with E-state index in [9.17, 15) is 4.79 Å². The van der Waals surface area contributed by atoms with Gasteiger partial charge in [-0.3, -0.25) is 4.79 Å². The molecule has 1 aromatic rings. The number of carbonyl (C=O) groups excluding carboxylic acids is 1. The van der Waals surface area contributed by atoms with Gasteiger partial charge in [-0.1, -0.05) is 38.1 Å². The van der Waals surface area contributed by atoms with Crippen LogP contribution in [-0.2, 0) is 11.2 Å². The van der Waals surface area contributed by atoms with Gasteiger partial charge in [0.05, 0.1) is 0 Å². The summed E-state index contributed by atoms with van der Waals surface area (Å²) < 4.78 is 0. The predicted octanol–water partition coefficient (Wildman–Crippen LogP) is 3.73. The molecule has 0 heterocycles. The Morgan fingerprint density at radius 3 is 2.20 bits per heavy atom. The molecule has 0 bridgehead atoms. The molecule has 15 heavy (non-hydrogen) atoms. The van der Waals surface area contributed by atoms with E-state index in [4.69, 9.17) is 23.2 Å². The molecule has 0 fully saturated rings. The first-order valence-corrected chi connectivity index (χ1v) is 5.74. The molecule has 0 saturated carbocycles. The number of halogens is 2. The predicted molar refractivity (Wildman–Crippen MR) is 64.7 cm³/mol. The van der Waals surface area contributed by atoms with E-state index in [1.807, 2.05) is 12.1 Å². The Kier molecular flexibility index (Phi) is 4.62. The highest BCUT2D eigenvalue weighted by atomic mass is 35.5. The average molecular weight is 245 g/mol. The highest BCUT2D eigenvalue weighted by molar-refractivity contribution is 6.69. The number of benzene rings is 1. The fourth-order valence-corrected chi connectivity index (χ4v) is 1.58. The summed E-state index contributed by atoms with van der Waals surface area (Å²) in [5.41, 5.74) is 2.32. The lowest BCUT2D eigenvalue weighted by Gasteiger charge is -2.08. The third-order valence-corrected chi connectivity index (χ3v) is 3.04. The fraction of sp³-hybridized carbons (Fsp3) is 0.417. The zero-order valence-corrected chi connectivity index (χ0v) is 10.3. The van der Waals surface area contributed by atoms with Crippen molar-refractivity contribution in [1.82, 2.24) is 0 Å². The van der Waals surface area contributed by atoms with Crippen LogP contribution in [0.25, 0.3) is 0 Å². The molecule has 3 heteroatoms. The molecule has 1 unspecified atom stereocenters. The monoisotopic (exact) mass is 244 g/mol. The van der Waals surface area contributed by atoms with Gasteiger partial charge in [-0.15, -0.1) is 11.6 Å². The van der Waals surface area contributed by atoms with Crippen molar-refractivity contribution >= 4 is 28.4 Å². The van der Waals surface area contributed by atoms with Crippen molar-refractivity contribution in [2.75, 3.05) is 0 Å². The van der Waals surface area contributed by atoms with Gasteiger partial charge in [-0.25, -0.2) is 0 Å². The Morgan fingerprint density at radius 2 is 1.80 bits per heavy atom. The van der Waals surface area contributed by atoms with Gasteiger partial charge in [0.15, 0.2) is 0 Å². The van der Waals surface area contributed by atoms with E-state index in [1.54, 1.807) is 0 Å². The van der Waals surface area contributed by atoms with Crippen molar-refractivity contribution in [2.24, 2.45) is 0 Å². The van der Waals surface area contributed by atoms with Crippen LogP contribution in [0.5, 0.6) is 0 Å². The summed E-state index contributed by atoms with van der Waals surface area (Å²) in [5.74, 6) is 0.514. The smallest absolute Gasteiger partial charge is 0.239 e. The molecule has 0 saturated heterocycles. The first-order valence-electron chi connectivity index (χ1n) is 4.93. The van der Waals surface area contributed by atoms with Crippen molar-refractivity contribution in [3.05, 3.63) is 35.4 Å². The van der Waals surface area contributed by atoms with Crippen LogP contribution in [-0.4, -0.2) is 10.6 Å². The maximum absolute atomic E-state index is 10.8. The molecule has 0 spiro atoms. The minimum absolute atomic E-state index is 0.488. The molecule has 0 radical (unpaired) electrons. The van der Waals surface area contributed by atoms with Gasteiger partial charge >= 0.3 is 0 Å². The van der Waals surface area contributed by atoms with Crippen LogP contribution in [0, 0.1) is 0 Å². The molecule has 0 aromatic heterocycles. The lowest BCUT2D eigenvalue weighted by atomic mass is 10.0. The van der Waals surface area contributed by atoms with E-state index in [2.05, 4.69) is 26.0 Å². The van der Waals surface area contributed by atoms with Crippen molar-refractivity contribution in [1.29, 1.82) is 0 Å². The lowest BCUT2D eigenvalue weighted by Crippen LogP contribution is -2.11. The number of hydrogen-bond acceptors (Lipinski definition) is 1. The molecule has 1 aromatic carbocycles. The van der Waals surface area contributed by atoms with Gasteiger partial charge in [0.1, 0.15) is 5.38 Å². The van der Waals surface area contributed by atoms with Crippen molar-refractivity contribution in [3.63, 3.8) is 0 Å². The third-order valence-electron chi connectivity index (χ3n) is 2.31. The number of alkyl halides is 1. The van der Waals surface area contributed by atoms with Gasteiger partial charge in [-0.2, -0.15) is 0 Å². The van der Waals surface area contributed by atoms with E-state index >= 15 is 0 Å². The number of rotatable bonds is 4. The second kappa shape index (κ2) is 5.53. The lowest BCUT2D eigenvalue weighted by molar-refractivity contribution is -0.111. The fourth-order valence-electron chi connectivity index (χ4n) is 1.33. The highest BCUT2D eigenvalue weighted by Gasteiger charge is 2.12. The maximum atomic E-state index is 10.8. The summed E-state index contributed by atoms with van der Waals surface area (Å²) in [5, 5.41) is -1.12. The molecular formula is C12H14Cl2O. The SMILES string of the molecule is CC(C)c1ccc(CC(Cl)C(=O)Cl)cc1. The quantitative estimate of drug-likeness (QED) is 0.583. The third kappa shape index (κ3) is 3.84. The molecule has 1 nitrogen and oxygen atoms in total. The summed E-state index contributed by atoms with van der Waals surface area (Å²) in [7, 11) is 0. The Morgan fingerprint density at radius 1 is 1.27 bits per heavy atom. The summed E-state index contributed by atoms with van der Waals surface area (Å²) >= 11 is 11.1. The first-order chi connectivity index (χ1) is 7.00. The molecule has 0 aliphatic heterocycles. The second-order valence-electron chi connectivity index (χ2n) is 3.87. The number of carbonyl (C=O) groups is 1. The molecule has 0 amide bonds. The van der Waals surface area contributed by atoms with Gasteiger partial charge in [0.2, 0.25) is 5.24 Å². The molecule has 1 rings (SSSR count). The molecule has 0 aliphatic carbocycles. The summed E-state index contributed by atoms with van der Waals surface area (Å²) in [4.78, 5) is 10.8. The Hall–Kier alpha value is -0.530. The Labute approximate surface area is 100 Å². The second-order valence-corrected chi connectivity index (χ2v) is 4.77. The zero-order chi connectivity index (χ0) is 11.4. The molecule has 82 valence electrons. The van der Waals surface area contributed by atoms with Crippen molar-refractivity contribution in [3.8, 4) is 0 Å². The van der Waals surface area contributed by atoms with E-state index in [1.165, 1.54) is 5.56 Å². The van der Waals surface area contributed by atoms with E-state index in [0.29, 0.717) is 12.3 Å². The van der Waals surface area contributed by atoms with E-state index < -0.39 is 10.6 Å². The average Bonchev–Trinajstić information content (AvgIpc) is 2.18. The molecule has 1 atom stereocenters. The molecule has 0 aliphatic rings. The summed E-state index contributed by atoms with van der Waals surface area (Å²) in [6.07, 6.45) is 0.488. The standard InChI is InChI=1S/C12H14Cl2O/c1-8(2)10-5-3-9(4-6-10)7-11(13)12(14)15/h3-6,8,11H,7H2,1-2H3. The molecular weight excluding hydrogens is 231 g/mol. The van der Waals surface area contributed by atoms with E-state index in [-0.39, 0.29) is 0 Å². The minimum Gasteiger partial charge on any atom is -0.280 e. The highest BCUT2D eigenvalue weighted by Crippen LogP contribution is 2.17. The van der Waals surface area contributed by atoms with Crippen LogP contribution < -0.4 is 0 Å². The van der Waals surface area contributed by atoms with Gasteiger partial charge in [-0.05, 0) is 35.1 Å². The first kappa shape index (κ1) is 12.5. The van der Waals surface area contributed by atoms with Crippen LogP contribution in [0.1, 0.15) is 30.9 Å². The number of hydrogen-bond donors (Lipinski definition) is 0. The van der Waals surface area contributed by atoms with Gasteiger partial charge < -0.3 is 0 Å². The van der Waals surface area contributed by atoms with Crippen LogP contribution in [0.4, 0.5) is 0 Å². The summed E-state index contributed by atoms with van der Waals surface area (Å²) in [6.45, 7) is 4.28. The molecule has 0 N–H and O–H groups in total. The van der Waals surface area contributed by atoms with Crippen LogP contribution in [0.15, 0.2) is 24.3 Å². The van der Waals surface area contributed by atoms with Crippen molar-refractivity contribution in [2.45, 2.75) is 31.6 Å². The summed E-state index contributed by atoms with van der Waals surface area (Å²) in [6, 6.07) is 8.10. The van der Waals surface area contributed by atoms with Crippen molar-refractivity contribution < 1.29 is 4.79 Å². The van der Waals surface area contributed by atoms with Crippen LogP contribution in [0.2, 0.25) is 0 Å². The topological polar surface area (TPSA) is 17.1 Å². The largest absolute Gasteiger partial charge is 0.280 e. The van der Waals surface area contributed by atoms with Crippen LogP contribution in [0.3, 0.4) is 0 Å². The Bertz CT molecular complexity index is 330. The maximum Gasteiger partial charge on any atom is 0.239 e. The zero-order valence-electron chi connectivity index (χ0n) is 8.84. The van der Waals surface area contributed by atoms with Gasteiger partial charge in [0, 0.05) is 0 Å². The Balaban J connectivity index is 2.68. The normalized spacial score (nSPS) is 12.9. The van der Waals surface area contributed by atoms with E-state index in [0.717, 1.165) is 5.56 Å². The van der Waals surface area contributed by atoms with Gasteiger partial charge in [0.25, 0.3) is 0 Å². The van der Waals surface area contributed by atoms with Crippen LogP contribution >= 0.6 is 23.2 Å². The minimum atomic E-state index is -0.628.